The van der Waals surface area contributed by atoms with E-state index in [1.54, 1.807) is 0 Å². The predicted molar refractivity (Wildman–Crippen MR) is 42.7 cm³/mol. The van der Waals surface area contributed by atoms with Crippen molar-refractivity contribution in [3.8, 4) is 0 Å². The normalized spacial score (nSPS) is 15.6. The maximum atomic E-state index is 11.3. The summed E-state index contributed by atoms with van der Waals surface area (Å²) in [6, 6.07) is -0.310. The van der Waals surface area contributed by atoms with Crippen molar-refractivity contribution in [1.29, 1.82) is 0 Å². The third-order valence-electron chi connectivity index (χ3n) is 1.54. The summed E-state index contributed by atoms with van der Waals surface area (Å²) in [5.41, 5.74) is 2.28. The number of Topliss-reactive ketones (excluding diaryl/α,β-unsaturated/α-hetero) is 1. The van der Waals surface area contributed by atoms with Crippen molar-refractivity contribution in [3.05, 3.63) is 0 Å². The summed E-state index contributed by atoms with van der Waals surface area (Å²) < 4.78 is 6.94. The van der Waals surface area contributed by atoms with Crippen LogP contribution in [0.5, 0.6) is 0 Å². The zero-order chi connectivity index (χ0) is 9.02. The van der Waals surface area contributed by atoms with Gasteiger partial charge in [0.1, 0.15) is 1.41 Å². The third-order valence-corrected chi connectivity index (χ3v) is 1.54. The topological polar surface area (TPSA) is 43.1 Å². The van der Waals surface area contributed by atoms with Crippen LogP contribution in [0.25, 0.3) is 0 Å². The van der Waals surface area contributed by atoms with Crippen LogP contribution >= 0.6 is 0 Å². The van der Waals surface area contributed by atoms with E-state index in [9.17, 15) is 4.79 Å². The van der Waals surface area contributed by atoms with Gasteiger partial charge in [-0.1, -0.05) is 27.7 Å². The van der Waals surface area contributed by atoms with E-state index in [0.29, 0.717) is 0 Å². The monoisotopic (exact) mass is 145 g/mol. The molecule has 0 amide bonds. The first-order valence-corrected chi connectivity index (χ1v) is 3.71. The van der Waals surface area contributed by atoms with E-state index in [1.165, 1.54) is 0 Å². The van der Waals surface area contributed by atoms with Crippen molar-refractivity contribution in [1.82, 2.24) is 0 Å². The molecule has 60 valence electrons. The Kier molecular flexibility index (Phi) is 2.87. The molecule has 0 aromatic rings. The van der Waals surface area contributed by atoms with Gasteiger partial charge in [0.05, 0.1) is 6.04 Å². The van der Waals surface area contributed by atoms with Crippen molar-refractivity contribution in [3.63, 3.8) is 0 Å². The minimum absolute atomic E-state index is 0.0141. The maximum absolute atomic E-state index is 11.3. The van der Waals surface area contributed by atoms with E-state index < -0.39 is 0 Å². The summed E-state index contributed by atoms with van der Waals surface area (Å²) in [5.74, 6) is 0.331. The maximum Gasteiger partial charge on any atom is 0.152 e. The molecule has 0 aromatic heterocycles. The SMILES string of the molecule is [3H]NC(C(=O)C(C)C)C(C)C. The molecule has 1 atom stereocenters. The smallest absolute Gasteiger partial charge is 0.152 e. The standard InChI is InChI=1S/C8H17NO/c1-5(2)7(9)8(10)6(3)4/h5-7H,9H2,1-4H3/i/hT. The van der Waals surface area contributed by atoms with Gasteiger partial charge in [-0.05, 0) is 5.92 Å². The number of ketones is 1. The predicted octanol–water partition coefficient (Wildman–Crippen LogP) is 1.19. The summed E-state index contributed by atoms with van der Waals surface area (Å²) >= 11 is 0. The molecule has 0 radical (unpaired) electrons. The third kappa shape index (κ3) is 2.48. The molecule has 2 nitrogen and oxygen atoms in total. The molecular formula is C8H17NO. The minimum atomic E-state index is -0.310. The fourth-order valence-corrected chi connectivity index (χ4v) is 0.688. The first kappa shape index (κ1) is 7.73. The summed E-state index contributed by atoms with van der Waals surface area (Å²) in [7, 11) is 0. The Balaban J connectivity index is 4.15. The second-order valence-electron chi connectivity index (χ2n) is 3.28. The molecule has 0 aliphatic carbocycles. The lowest BCUT2D eigenvalue weighted by Gasteiger charge is -2.15. The number of hydrogen-bond donors (Lipinski definition) is 1. The van der Waals surface area contributed by atoms with E-state index in [2.05, 4.69) is 5.73 Å². The van der Waals surface area contributed by atoms with Crippen LogP contribution in [-0.4, -0.2) is 11.8 Å². The number of hydrogen-bond acceptors (Lipinski definition) is 2. The lowest BCUT2D eigenvalue weighted by atomic mass is 9.94. The number of carbonyl (C=O) groups excluding carboxylic acids is 1. The summed E-state index contributed by atoms with van der Waals surface area (Å²) in [6.07, 6.45) is 0. The number of rotatable bonds is 4. The molecule has 0 heterocycles. The van der Waals surface area contributed by atoms with Gasteiger partial charge in [0.15, 0.2) is 5.78 Å². The fraction of sp³-hybridized carbons (Fsp3) is 0.875. The number of nitrogens with two attached hydrogens (primary N) is 1. The Hall–Kier alpha value is -0.370. The molecule has 0 rings (SSSR count). The Labute approximate surface area is 64.3 Å². The van der Waals surface area contributed by atoms with Crippen LogP contribution in [-0.2, 0) is 4.79 Å². The van der Waals surface area contributed by atoms with Gasteiger partial charge in [-0.2, -0.15) is 0 Å². The van der Waals surface area contributed by atoms with E-state index in [4.69, 9.17) is 1.41 Å². The van der Waals surface area contributed by atoms with Crippen LogP contribution in [0.1, 0.15) is 27.7 Å². The van der Waals surface area contributed by atoms with Crippen molar-refractivity contribution in [2.45, 2.75) is 33.7 Å². The van der Waals surface area contributed by atoms with Crippen molar-refractivity contribution >= 4 is 5.78 Å². The van der Waals surface area contributed by atoms with Gasteiger partial charge in [-0.25, -0.2) is 0 Å². The molecule has 1 unspecified atom stereocenters. The summed E-state index contributed by atoms with van der Waals surface area (Å²) in [5, 5.41) is 0. The molecule has 2 N–H and O–H groups in total. The first-order valence-electron chi connectivity index (χ1n) is 4.21. The molecule has 2 heteroatoms. The van der Waals surface area contributed by atoms with Gasteiger partial charge >= 0.3 is 0 Å². The van der Waals surface area contributed by atoms with Gasteiger partial charge in [-0.3, -0.25) is 4.79 Å². The highest BCUT2D eigenvalue weighted by atomic mass is 16.1. The summed E-state index contributed by atoms with van der Waals surface area (Å²) in [4.78, 5) is 11.3. The molecule has 0 aliphatic heterocycles. The largest absolute Gasteiger partial charge is 0.321 e. The fourth-order valence-electron chi connectivity index (χ4n) is 0.688. The highest BCUT2D eigenvalue weighted by molar-refractivity contribution is 5.85. The molecule has 0 spiro atoms. The van der Waals surface area contributed by atoms with Crippen LogP contribution in [0.4, 0.5) is 0 Å². The first-order chi connectivity index (χ1) is 5.00. The van der Waals surface area contributed by atoms with Crippen LogP contribution in [0.15, 0.2) is 0 Å². The molecule has 0 saturated heterocycles. The van der Waals surface area contributed by atoms with E-state index in [1.807, 2.05) is 27.7 Å². The zero-order valence-corrected chi connectivity index (χ0v) is 7.14. The second-order valence-corrected chi connectivity index (χ2v) is 3.28. The van der Waals surface area contributed by atoms with E-state index >= 15 is 0 Å². The minimum Gasteiger partial charge on any atom is -0.321 e. The average Bonchev–Trinajstić information content (AvgIpc) is 1.88. The average molecular weight is 145 g/mol. The molecule has 0 saturated carbocycles. The van der Waals surface area contributed by atoms with Gasteiger partial charge in [-0.15, -0.1) is 0 Å². The van der Waals surface area contributed by atoms with Gasteiger partial charge in [0, 0.05) is 5.92 Å². The molecular weight excluding hydrogens is 126 g/mol. The van der Waals surface area contributed by atoms with Gasteiger partial charge in [0.25, 0.3) is 0 Å². The Morgan fingerprint density at radius 3 is 2.00 bits per heavy atom. The van der Waals surface area contributed by atoms with Crippen LogP contribution in [0, 0.1) is 11.8 Å². The second kappa shape index (κ2) is 3.71. The highest BCUT2D eigenvalue weighted by Crippen LogP contribution is 2.05. The Morgan fingerprint density at radius 2 is 1.90 bits per heavy atom. The van der Waals surface area contributed by atoms with Gasteiger partial charge < -0.3 is 5.73 Å². The van der Waals surface area contributed by atoms with E-state index in [0.717, 1.165) is 0 Å². The van der Waals surface area contributed by atoms with Crippen molar-refractivity contribution in [2.75, 3.05) is 0 Å². The Morgan fingerprint density at radius 1 is 1.40 bits per heavy atom. The quantitative estimate of drug-likeness (QED) is 0.645. The molecule has 0 fully saturated rings. The lowest BCUT2D eigenvalue weighted by molar-refractivity contribution is -0.124. The molecule has 0 bridgehead atoms. The van der Waals surface area contributed by atoms with Crippen molar-refractivity contribution < 1.29 is 6.21 Å². The van der Waals surface area contributed by atoms with Crippen LogP contribution in [0.2, 0.25) is 1.41 Å². The van der Waals surface area contributed by atoms with E-state index in [-0.39, 0.29) is 23.7 Å². The molecule has 0 aromatic carbocycles. The van der Waals surface area contributed by atoms with Crippen LogP contribution in [0.3, 0.4) is 0 Å². The molecule has 10 heavy (non-hydrogen) atoms. The zero-order valence-electron chi connectivity index (χ0n) is 8.14. The van der Waals surface area contributed by atoms with Crippen molar-refractivity contribution in [2.24, 2.45) is 17.6 Å². The Bertz CT molecular complexity index is 134. The lowest BCUT2D eigenvalue weighted by Crippen LogP contribution is -2.38. The number of carbonyl (C=O) groups is 1. The summed E-state index contributed by atoms with van der Waals surface area (Å²) in [6.45, 7) is 7.59. The highest BCUT2D eigenvalue weighted by Gasteiger charge is 2.19. The molecule has 0 aliphatic rings. The van der Waals surface area contributed by atoms with Gasteiger partial charge in [0.2, 0.25) is 0 Å². The van der Waals surface area contributed by atoms with Crippen LogP contribution < -0.4 is 5.73 Å².